The summed E-state index contributed by atoms with van der Waals surface area (Å²) in [5.74, 6) is -4.29. The minimum atomic E-state index is -1.26. The van der Waals surface area contributed by atoms with Gasteiger partial charge in [0.25, 0.3) is 0 Å². The fourth-order valence-corrected chi connectivity index (χ4v) is 1.41. The molecule has 1 unspecified atom stereocenters. The highest BCUT2D eigenvalue weighted by atomic mass is 19.2. The van der Waals surface area contributed by atoms with Crippen LogP contribution in [0, 0.1) is 17.5 Å². The highest BCUT2D eigenvalue weighted by Gasteiger charge is 2.13. The minimum absolute atomic E-state index is 0.0314. The van der Waals surface area contributed by atoms with E-state index in [4.69, 9.17) is 10.8 Å². The van der Waals surface area contributed by atoms with E-state index in [-0.39, 0.29) is 24.8 Å². The number of hydrogen-bond donors (Lipinski definition) is 2. The Hall–Kier alpha value is -1.56. The van der Waals surface area contributed by atoms with E-state index in [2.05, 4.69) is 0 Å². The zero-order chi connectivity index (χ0) is 13.0. The Labute approximate surface area is 96.0 Å². The molecule has 17 heavy (non-hydrogen) atoms. The standard InChI is InChI=1S/C11H12F3NO2/c12-8-5-10(14)9(13)4-6(8)3-7(15)1-2-11(16)17/h4-5,7H,1-3,15H2,(H,16,17). The molecule has 3 nitrogen and oxygen atoms in total. The summed E-state index contributed by atoms with van der Waals surface area (Å²) in [4.78, 5) is 10.3. The summed E-state index contributed by atoms with van der Waals surface area (Å²) in [5.41, 5.74) is 5.51. The molecule has 0 aliphatic carbocycles. The summed E-state index contributed by atoms with van der Waals surface area (Å²) in [6.45, 7) is 0. The number of hydrogen-bond acceptors (Lipinski definition) is 2. The number of carboxylic acids is 1. The second-order valence-electron chi connectivity index (χ2n) is 3.75. The van der Waals surface area contributed by atoms with E-state index in [1.807, 2.05) is 0 Å². The molecular formula is C11H12F3NO2. The second kappa shape index (κ2) is 5.67. The van der Waals surface area contributed by atoms with Crippen molar-refractivity contribution in [1.82, 2.24) is 0 Å². The molecule has 0 bridgehead atoms. The largest absolute Gasteiger partial charge is 0.481 e. The minimum Gasteiger partial charge on any atom is -0.481 e. The number of nitrogens with two attached hydrogens (primary N) is 1. The molecule has 0 amide bonds. The molecule has 0 heterocycles. The molecule has 0 aromatic heterocycles. The van der Waals surface area contributed by atoms with Gasteiger partial charge in [-0.2, -0.15) is 0 Å². The monoisotopic (exact) mass is 247 g/mol. The summed E-state index contributed by atoms with van der Waals surface area (Å²) in [6, 6.07) is 0.588. The molecule has 0 aliphatic heterocycles. The number of carbonyl (C=O) groups is 1. The maximum Gasteiger partial charge on any atom is 0.303 e. The molecule has 0 radical (unpaired) electrons. The van der Waals surface area contributed by atoms with Crippen LogP contribution in [0.5, 0.6) is 0 Å². The van der Waals surface area contributed by atoms with Crippen molar-refractivity contribution in [2.24, 2.45) is 5.73 Å². The van der Waals surface area contributed by atoms with Gasteiger partial charge in [-0.15, -0.1) is 0 Å². The topological polar surface area (TPSA) is 63.3 Å². The molecule has 1 aromatic carbocycles. The predicted octanol–water partition coefficient (Wildman–Crippen LogP) is 1.84. The third-order valence-electron chi connectivity index (χ3n) is 2.30. The molecule has 0 aliphatic rings. The Kier molecular flexibility index (Phi) is 4.51. The molecule has 0 saturated heterocycles. The van der Waals surface area contributed by atoms with E-state index in [0.717, 1.165) is 6.07 Å². The maximum atomic E-state index is 13.2. The summed E-state index contributed by atoms with van der Waals surface area (Å²) in [5, 5.41) is 8.42. The highest BCUT2D eigenvalue weighted by molar-refractivity contribution is 5.66. The van der Waals surface area contributed by atoms with Crippen LogP contribution in [0.3, 0.4) is 0 Å². The van der Waals surface area contributed by atoms with Gasteiger partial charge in [0.1, 0.15) is 5.82 Å². The lowest BCUT2D eigenvalue weighted by Crippen LogP contribution is -2.24. The Balaban J connectivity index is 2.68. The molecule has 94 valence electrons. The van der Waals surface area contributed by atoms with Gasteiger partial charge in [0.15, 0.2) is 11.6 Å². The normalized spacial score (nSPS) is 12.5. The first-order chi connectivity index (χ1) is 7.90. The van der Waals surface area contributed by atoms with Crippen molar-refractivity contribution in [3.63, 3.8) is 0 Å². The van der Waals surface area contributed by atoms with E-state index in [1.54, 1.807) is 0 Å². The smallest absolute Gasteiger partial charge is 0.303 e. The Morgan fingerprint density at radius 2 is 1.82 bits per heavy atom. The molecule has 0 fully saturated rings. The molecule has 0 saturated carbocycles. The lowest BCUT2D eigenvalue weighted by Gasteiger charge is -2.11. The third-order valence-corrected chi connectivity index (χ3v) is 2.30. The molecule has 3 N–H and O–H groups in total. The van der Waals surface area contributed by atoms with E-state index >= 15 is 0 Å². The molecular weight excluding hydrogens is 235 g/mol. The van der Waals surface area contributed by atoms with Gasteiger partial charge in [-0.05, 0) is 24.5 Å². The van der Waals surface area contributed by atoms with Gasteiger partial charge in [-0.25, -0.2) is 13.2 Å². The molecule has 1 aromatic rings. The molecule has 0 spiro atoms. The summed E-state index contributed by atoms with van der Waals surface area (Å²) in [6.07, 6.45) is -0.0312. The third kappa shape index (κ3) is 4.07. The van der Waals surface area contributed by atoms with Crippen molar-refractivity contribution in [3.05, 3.63) is 35.1 Å². The van der Waals surface area contributed by atoms with Crippen molar-refractivity contribution in [3.8, 4) is 0 Å². The number of aliphatic carboxylic acids is 1. The quantitative estimate of drug-likeness (QED) is 0.780. The maximum absolute atomic E-state index is 13.2. The van der Waals surface area contributed by atoms with Gasteiger partial charge in [0, 0.05) is 18.5 Å². The first kappa shape index (κ1) is 13.5. The van der Waals surface area contributed by atoms with Gasteiger partial charge in [0.05, 0.1) is 0 Å². The van der Waals surface area contributed by atoms with E-state index in [1.165, 1.54) is 0 Å². The van der Waals surface area contributed by atoms with Crippen LogP contribution in [0.25, 0.3) is 0 Å². The zero-order valence-electron chi connectivity index (χ0n) is 8.92. The number of benzene rings is 1. The van der Waals surface area contributed by atoms with Crippen LogP contribution in [-0.4, -0.2) is 17.1 Å². The fourth-order valence-electron chi connectivity index (χ4n) is 1.41. The number of halogens is 3. The Morgan fingerprint density at radius 1 is 1.24 bits per heavy atom. The van der Waals surface area contributed by atoms with Crippen LogP contribution >= 0.6 is 0 Å². The van der Waals surface area contributed by atoms with Crippen molar-refractivity contribution in [2.45, 2.75) is 25.3 Å². The van der Waals surface area contributed by atoms with Crippen LogP contribution in [0.1, 0.15) is 18.4 Å². The van der Waals surface area contributed by atoms with Gasteiger partial charge in [0.2, 0.25) is 0 Å². The van der Waals surface area contributed by atoms with E-state index < -0.39 is 29.5 Å². The van der Waals surface area contributed by atoms with Crippen molar-refractivity contribution in [1.29, 1.82) is 0 Å². The predicted molar refractivity (Wildman–Crippen MR) is 54.9 cm³/mol. The van der Waals surface area contributed by atoms with Crippen LogP contribution in [0.4, 0.5) is 13.2 Å². The van der Waals surface area contributed by atoms with E-state index in [9.17, 15) is 18.0 Å². The van der Waals surface area contributed by atoms with Crippen LogP contribution in [-0.2, 0) is 11.2 Å². The van der Waals surface area contributed by atoms with Crippen molar-refractivity contribution >= 4 is 5.97 Å². The lowest BCUT2D eigenvalue weighted by molar-refractivity contribution is -0.137. The van der Waals surface area contributed by atoms with Crippen LogP contribution in [0.2, 0.25) is 0 Å². The van der Waals surface area contributed by atoms with Crippen LogP contribution < -0.4 is 5.73 Å². The highest BCUT2D eigenvalue weighted by Crippen LogP contribution is 2.16. The SMILES string of the molecule is NC(CCC(=O)O)Cc1cc(F)c(F)cc1F. The summed E-state index contributed by atoms with van der Waals surface area (Å²) < 4.78 is 38.7. The van der Waals surface area contributed by atoms with E-state index in [0.29, 0.717) is 6.07 Å². The van der Waals surface area contributed by atoms with Gasteiger partial charge in [-0.1, -0.05) is 0 Å². The molecule has 1 atom stereocenters. The van der Waals surface area contributed by atoms with Gasteiger partial charge < -0.3 is 10.8 Å². The van der Waals surface area contributed by atoms with Gasteiger partial charge >= 0.3 is 5.97 Å². The first-order valence-electron chi connectivity index (χ1n) is 5.01. The van der Waals surface area contributed by atoms with Crippen molar-refractivity contribution in [2.75, 3.05) is 0 Å². The fraction of sp³-hybridized carbons (Fsp3) is 0.364. The second-order valence-corrected chi connectivity index (χ2v) is 3.75. The van der Waals surface area contributed by atoms with Crippen molar-refractivity contribution < 1.29 is 23.1 Å². The van der Waals surface area contributed by atoms with Gasteiger partial charge in [-0.3, -0.25) is 4.79 Å². The average molecular weight is 247 g/mol. The number of rotatable bonds is 5. The Morgan fingerprint density at radius 3 is 2.41 bits per heavy atom. The summed E-state index contributed by atoms with van der Waals surface area (Å²) >= 11 is 0. The lowest BCUT2D eigenvalue weighted by atomic mass is 10.0. The number of carboxylic acid groups (broad SMARTS) is 1. The molecule has 6 heteroatoms. The molecule has 1 rings (SSSR count). The summed E-state index contributed by atoms with van der Waals surface area (Å²) in [7, 11) is 0. The first-order valence-corrected chi connectivity index (χ1v) is 5.01. The average Bonchev–Trinajstić information content (AvgIpc) is 2.23. The Bertz CT molecular complexity index is 423. The van der Waals surface area contributed by atoms with Crippen LogP contribution in [0.15, 0.2) is 12.1 Å². The zero-order valence-corrected chi connectivity index (χ0v) is 8.92.